The monoisotopic (exact) mass is 349 g/mol. The number of carbonyl (C=O) groups excluding carboxylic acids is 2. The number of aryl methyl sites for hydroxylation is 3. The molecule has 0 spiro atoms. The van der Waals surface area contributed by atoms with Crippen LogP contribution in [0.15, 0.2) is 24.3 Å². The molecule has 0 bridgehead atoms. The molecule has 1 amide bonds. The number of esters is 1. The molecule has 6 heteroatoms. The summed E-state index contributed by atoms with van der Waals surface area (Å²) in [5, 5.41) is 2.51. The normalized spacial score (nSPS) is 11.4. The molecule has 0 aliphatic carbocycles. The van der Waals surface area contributed by atoms with Gasteiger partial charge in [0.15, 0.2) is 0 Å². The third-order valence-electron chi connectivity index (χ3n) is 3.33. The van der Waals surface area contributed by atoms with Gasteiger partial charge < -0.3 is 19.5 Å². The van der Waals surface area contributed by atoms with Gasteiger partial charge in [0.2, 0.25) is 0 Å². The van der Waals surface area contributed by atoms with E-state index < -0.39 is 18.2 Å². The van der Waals surface area contributed by atoms with Crippen molar-refractivity contribution in [1.82, 2.24) is 5.32 Å². The molecule has 1 unspecified atom stereocenters. The number of amides is 1. The SMILES string of the molecule is C=C(C)C(=O)OCCNC(=O)OC(C)COc1c(C)cc(C)cc1C. The zero-order valence-electron chi connectivity index (χ0n) is 15.6. The average Bonchev–Trinajstić information content (AvgIpc) is 2.50. The Labute approximate surface area is 149 Å². The Hall–Kier alpha value is -2.50. The highest BCUT2D eigenvalue weighted by atomic mass is 16.6. The average molecular weight is 349 g/mol. The largest absolute Gasteiger partial charge is 0.489 e. The van der Waals surface area contributed by atoms with Crippen LogP contribution < -0.4 is 10.1 Å². The molecule has 1 aromatic rings. The Morgan fingerprint density at radius 1 is 1.20 bits per heavy atom. The molecule has 1 rings (SSSR count). The van der Waals surface area contributed by atoms with Crippen LogP contribution in [0.5, 0.6) is 5.75 Å². The predicted molar refractivity (Wildman–Crippen MR) is 95.9 cm³/mol. The van der Waals surface area contributed by atoms with Crippen molar-refractivity contribution in [3.8, 4) is 5.75 Å². The third kappa shape index (κ3) is 7.28. The number of carbonyl (C=O) groups is 2. The van der Waals surface area contributed by atoms with Crippen LogP contribution in [0.1, 0.15) is 30.5 Å². The Balaban J connectivity index is 2.32. The second kappa shape index (κ2) is 9.71. The van der Waals surface area contributed by atoms with Crippen LogP contribution in [0.25, 0.3) is 0 Å². The van der Waals surface area contributed by atoms with Gasteiger partial charge in [0.1, 0.15) is 25.1 Å². The van der Waals surface area contributed by atoms with E-state index in [0.717, 1.165) is 16.9 Å². The van der Waals surface area contributed by atoms with E-state index in [1.54, 1.807) is 13.8 Å². The lowest BCUT2D eigenvalue weighted by molar-refractivity contribution is -0.138. The highest BCUT2D eigenvalue weighted by Gasteiger charge is 2.12. The highest BCUT2D eigenvalue weighted by molar-refractivity contribution is 5.86. The zero-order valence-corrected chi connectivity index (χ0v) is 15.6. The summed E-state index contributed by atoms with van der Waals surface area (Å²) in [7, 11) is 0. The molecule has 138 valence electrons. The molecule has 0 aliphatic heterocycles. The minimum atomic E-state index is -0.583. The molecular formula is C19H27NO5. The first-order valence-electron chi connectivity index (χ1n) is 8.18. The highest BCUT2D eigenvalue weighted by Crippen LogP contribution is 2.24. The molecule has 0 radical (unpaired) electrons. The molecule has 1 aromatic carbocycles. The van der Waals surface area contributed by atoms with Gasteiger partial charge in [0.25, 0.3) is 0 Å². The molecule has 0 aliphatic rings. The second-order valence-corrected chi connectivity index (χ2v) is 6.10. The zero-order chi connectivity index (χ0) is 19.0. The number of ether oxygens (including phenoxy) is 3. The molecule has 0 saturated carbocycles. The minimum Gasteiger partial charge on any atom is -0.489 e. The van der Waals surface area contributed by atoms with Gasteiger partial charge in [-0.15, -0.1) is 0 Å². The van der Waals surface area contributed by atoms with Crippen LogP contribution in [-0.4, -0.2) is 37.9 Å². The Morgan fingerprint density at radius 3 is 2.36 bits per heavy atom. The standard InChI is InChI=1S/C19H27NO5/c1-12(2)18(21)23-8-7-20-19(22)25-16(6)11-24-17-14(4)9-13(3)10-15(17)5/h9-10,16H,1,7-8,11H2,2-6H3,(H,20,22). The fourth-order valence-electron chi connectivity index (χ4n) is 2.27. The topological polar surface area (TPSA) is 73.9 Å². The molecule has 0 fully saturated rings. The number of alkyl carbamates (subject to hydrolysis) is 1. The van der Waals surface area contributed by atoms with Crippen molar-refractivity contribution in [3.63, 3.8) is 0 Å². The van der Waals surface area contributed by atoms with E-state index in [-0.39, 0.29) is 19.8 Å². The lowest BCUT2D eigenvalue weighted by Gasteiger charge is -2.17. The maximum Gasteiger partial charge on any atom is 0.407 e. The summed E-state index contributed by atoms with van der Waals surface area (Å²) < 4.78 is 15.8. The molecule has 1 N–H and O–H groups in total. The van der Waals surface area contributed by atoms with E-state index in [0.29, 0.717) is 5.57 Å². The van der Waals surface area contributed by atoms with E-state index in [1.807, 2.05) is 32.9 Å². The summed E-state index contributed by atoms with van der Waals surface area (Å²) in [6.45, 7) is 13.3. The predicted octanol–water partition coefficient (Wildman–Crippen LogP) is 3.22. The Kier molecular flexibility index (Phi) is 7.98. The molecule has 6 nitrogen and oxygen atoms in total. The number of rotatable bonds is 8. The summed E-state index contributed by atoms with van der Waals surface area (Å²) in [5.41, 5.74) is 3.59. The van der Waals surface area contributed by atoms with E-state index in [2.05, 4.69) is 11.9 Å². The van der Waals surface area contributed by atoms with Crippen LogP contribution in [-0.2, 0) is 14.3 Å². The molecular weight excluding hydrogens is 322 g/mol. The lowest BCUT2D eigenvalue weighted by Crippen LogP contribution is -2.33. The van der Waals surface area contributed by atoms with Crippen LogP contribution in [0.2, 0.25) is 0 Å². The first-order valence-corrected chi connectivity index (χ1v) is 8.18. The van der Waals surface area contributed by atoms with Crippen molar-refractivity contribution in [3.05, 3.63) is 41.0 Å². The molecule has 0 aromatic heterocycles. The van der Waals surface area contributed by atoms with Crippen LogP contribution in [0.4, 0.5) is 4.79 Å². The van der Waals surface area contributed by atoms with Crippen molar-refractivity contribution in [2.24, 2.45) is 0 Å². The van der Waals surface area contributed by atoms with Crippen molar-refractivity contribution < 1.29 is 23.8 Å². The summed E-state index contributed by atoms with van der Waals surface area (Å²) in [6, 6.07) is 4.10. The van der Waals surface area contributed by atoms with Gasteiger partial charge in [-0.2, -0.15) is 0 Å². The van der Waals surface area contributed by atoms with E-state index >= 15 is 0 Å². The molecule has 25 heavy (non-hydrogen) atoms. The Morgan fingerprint density at radius 2 is 1.80 bits per heavy atom. The van der Waals surface area contributed by atoms with Gasteiger partial charge in [-0.25, -0.2) is 9.59 Å². The molecule has 1 atom stereocenters. The number of hydrogen-bond donors (Lipinski definition) is 1. The first-order chi connectivity index (χ1) is 11.7. The Bertz CT molecular complexity index is 616. The smallest absolute Gasteiger partial charge is 0.407 e. The third-order valence-corrected chi connectivity index (χ3v) is 3.33. The first kappa shape index (κ1) is 20.5. The second-order valence-electron chi connectivity index (χ2n) is 6.10. The fourth-order valence-corrected chi connectivity index (χ4v) is 2.27. The van der Waals surface area contributed by atoms with Crippen LogP contribution in [0, 0.1) is 20.8 Å². The number of nitrogens with one attached hydrogen (secondary N) is 1. The summed E-state index contributed by atoms with van der Waals surface area (Å²) in [6.07, 6.45) is -1.00. The van der Waals surface area contributed by atoms with Crippen molar-refractivity contribution in [1.29, 1.82) is 0 Å². The van der Waals surface area contributed by atoms with Gasteiger partial charge in [0.05, 0.1) is 6.54 Å². The lowest BCUT2D eigenvalue weighted by atomic mass is 10.1. The van der Waals surface area contributed by atoms with Crippen molar-refractivity contribution in [2.75, 3.05) is 19.8 Å². The van der Waals surface area contributed by atoms with Gasteiger partial charge in [0, 0.05) is 5.57 Å². The van der Waals surface area contributed by atoms with Crippen LogP contribution in [0.3, 0.4) is 0 Å². The van der Waals surface area contributed by atoms with Gasteiger partial charge >= 0.3 is 12.1 Å². The van der Waals surface area contributed by atoms with E-state index in [1.165, 1.54) is 5.56 Å². The van der Waals surface area contributed by atoms with Crippen molar-refractivity contribution in [2.45, 2.75) is 40.7 Å². The van der Waals surface area contributed by atoms with Gasteiger partial charge in [-0.1, -0.05) is 24.3 Å². The van der Waals surface area contributed by atoms with Gasteiger partial charge in [-0.05, 0) is 45.7 Å². The maximum atomic E-state index is 11.7. The maximum absolute atomic E-state index is 11.7. The number of hydrogen-bond acceptors (Lipinski definition) is 5. The van der Waals surface area contributed by atoms with Crippen molar-refractivity contribution >= 4 is 12.1 Å². The van der Waals surface area contributed by atoms with E-state index in [9.17, 15) is 9.59 Å². The minimum absolute atomic E-state index is 0.0629. The summed E-state index contributed by atoms with van der Waals surface area (Å²) >= 11 is 0. The summed E-state index contributed by atoms with van der Waals surface area (Å²) in [5.74, 6) is 0.328. The fraction of sp³-hybridized carbons (Fsp3) is 0.474. The number of benzene rings is 1. The molecule has 0 heterocycles. The van der Waals surface area contributed by atoms with E-state index in [4.69, 9.17) is 14.2 Å². The molecule has 0 saturated heterocycles. The van der Waals surface area contributed by atoms with Crippen LogP contribution >= 0.6 is 0 Å². The quantitative estimate of drug-likeness (QED) is 0.443. The van der Waals surface area contributed by atoms with Gasteiger partial charge in [-0.3, -0.25) is 0 Å². The summed E-state index contributed by atoms with van der Waals surface area (Å²) in [4.78, 5) is 22.9.